The first-order valence-electron chi connectivity index (χ1n) is 19.9. The first kappa shape index (κ1) is 43.0. The van der Waals surface area contributed by atoms with Crippen LogP contribution in [0.15, 0.2) is 24.7 Å². The Kier molecular flexibility index (Phi) is 37.4. The van der Waals surface area contributed by atoms with Gasteiger partial charge >= 0.3 is 0 Å². The van der Waals surface area contributed by atoms with Gasteiger partial charge in [0.15, 0.2) is 0 Å². The highest BCUT2D eigenvalue weighted by Crippen LogP contribution is 2.15. The Hall–Kier alpha value is -0.960. The molecule has 1 unspecified atom stereocenters. The molecule has 0 aliphatic carbocycles. The van der Waals surface area contributed by atoms with Gasteiger partial charge in [-0.25, -0.2) is 0 Å². The van der Waals surface area contributed by atoms with Crippen molar-refractivity contribution in [3.63, 3.8) is 0 Å². The molecule has 0 N–H and O–H groups in total. The third-order valence-electron chi connectivity index (χ3n) is 8.86. The highest BCUT2D eigenvalue weighted by molar-refractivity contribution is 4.78. The molecular formula is C41H81NO2. The molecule has 0 aromatic heterocycles. The molecule has 0 aromatic carbocycles. The normalized spacial score (nSPS) is 12.7. The number of nitrogens with zero attached hydrogens (tertiary/aromatic N) is 1. The molecule has 0 saturated heterocycles. The molecule has 0 heterocycles. The van der Waals surface area contributed by atoms with Gasteiger partial charge in [0.05, 0.1) is 12.5 Å². The van der Waals surface area contributed by atoms with E-state index >= 15 is 0 Å². The lowest BCUT2D eigenvalue weighted by Crippen LogP contribution is -2.30. The average molecular weight is 620 g/mol. The number of hydrogen-bond acceptors (Lipinski definition) is 3. The Morgan fingerprint density at radius 2 is 0.750 bits per heavy atom. The van der Waals surface area contributed by atoms with Crippen LogP contribution in [0.4, 0.5) is 0 Å². The summed E-state index contributed by atoms with van der Waals surface area (Å²) >= 11 is 0. The zero-order chi connectivity index (χ0) is 32.0. The van der Waals surface area contributed by atoms with Gasteiger partial charge in [-0.15, -0.1) is 0 Å². The van der Waals surface area contributed by atoms with Crippen molar-refractivity contribution < 1.29 is 9.47 Å². The summed E-state index contributed by atoms with van der Waals surface area (Å²) in [5, 5.41) is 0. The minimum absolute atomic E-state index is 0.0725. The summed E-state index contributed by atoms with van der Waals surface area (Å²) in [7, 11) is 4.19. The Morgan fingerprint density at radius 1 is 0.432 bits per heavy atom. The largest absolute Gasteiger partial charge is 0.498 e. The lowest BCUT2D eigenvalue weighted by Gasteiger charge is -2.20. The second kappa shape index (κ2) is 38.2. The molecule has 0 saturated carbocycles. The van der Waals surface area contributed by atoms with E-state index in [0.29, 0.717) is 6.61 Å². The van der Waals surface area contributed by atoms with Crippen molar-refractivity contribution in [1.82, 2.24) is 4.90 Å². The van der Waals surface area contributed by atoms with Crippen LogP contribution in [0, 0.1) is 0 Å². The maximum Gasteiger partial charge on any atom is 0.144 e. The summed E-state index contributed by atoms with van der Waals surface area (Å²) < 4.78 is 11.9. The van der Waals surface area contributed by atoms with Gasteiger partial charge in [0.2, 0.25) is 0 Å². The molecule has 0 radical (unpaired) electrons. The molecule has 0 bridgehead atoms. The van der Waals surface area contributed by atoms with Crippen molar-refractivity contribution in [2.24, 2.45) is 0 Å². The van der Waals surface area contributed by atoms with Crippen LogP contribution in [-0.4, -0.2) is 38.3 Å². The molecule has 0 spiro atoms. The minimum atomic E-state index is 0.0725. The van der Waals surface area contributed by atoms with E-state index in [-0.39, 0.29) is 6.10 Å². The van der Waals surface area contributed by atoms with E-state index in [1.807, 2.05) is 12.5 Å². The number of likely N-dealkylation sites (N-methyl/N-ethyl adjacent to an activating group) is 1. The second-order valence-electron chi connectivity index (χ2n) is 13.9. The topological polar surface area (TPSA) is 21.7 Å². The molecule has 0 rings (SSSR count). The van der Waals surface area contributed by atoms with E-state index < -0.39 is 0 Å². The van der Waals surface area contributed by atoms with Gasteiger partial charge in [-0.05, 0) is 51.9 Å². The summed E-state index contributed by atoms with van der Waals surface area (Å²) in [6.45, 7) is 6.07. The van der Waals surface area contributed by atoms with E-state index in [0.717, 1.165) is 19.4 Å². The molecule has 0 aromatic rings. The molecular weight excluding hydrogens is 538 g/mol. The molecule has 0 aliphatic rings. The van der Waals surface area contributed by atoms with Crippen LogP contribution in [0.25, 0.3) is 0 Å². The number of rotatable bonds is 37. The summed E-state index contributed by atoms with van der Waals surface area (Å²) in [5.41, 5.74) is 0. The molecule has 262 valence electrons. The summed E-state index contributed by atoms with van der Waals surface area (Å²) in [5.74, 6) is 0. The van der Waals surface area contributed by atoms with Crippen LogP contribution >= 0.6 is 0 Å². The fourth-order valence-electron chi connectivity index (χ4n) is 5.99. The summed E-state index contributed by atoms with van der Waals surface area (Å²) in [6.07, 6.45) is 50.0. The van der Waals surface area contributed by atoms with Gasteiger partial charge in [0, 0.05) is 6.54 Å². The number of hydrogen-bond donors (Lipinski definition) is 0. The highest BCUT2D eigenvalue weighted by Gasteiger charge is 2.09. The zero-order valence-corrected chi connectivity index (χ0v) is 30.8. The van der Waals surface area contributed by atoms with Crippen LogP contribution in [0.1, 0.15) is 206 Å². The Morgan fingerprint density at radius 3 is 1.09 bits per heavy atom. The number of allylic oxidation sites excluding steroid dienone is 2. The highest BCUT2D eigenvalue weighted by atomic mass is 16.5. The molecule has 3 heteroatoms. The first-order valence-corrected chi connectivity index (χ1v) is 19.9. The van der Waals surface area contributed by atoms with Crippen molar-refractivity contribution in [2.45, 2.75) is 213 Å². The van der Waals surface area contributed by atoms with E-state index in [1.54, 1.807) is 0 Å². The van der Waals surface area contributed by atoms with Crippen molar-refractivity contribution >= 4 is 0 Å². The molecule has 44 heavy (non-hydrogen) atoms. The van der Waals surface area contributed by atoms with Crippen LogP contribution in [0.5, 0.6) is 0 Å². The van der Waals surface area contributed by atoms with Crippen LogP contribution in [0.2, 0.25) is 0 Å². The van der Waals surface area contributed by atoms with Crippen LogP contribution in [0.3, 0.4) is 0 Å². The monoisotopic (exact) mass is 620 g/mol. The minimum Gasteiger partial charge on any atom is -0.498 e. The lowest BCUT2D eigenvalue weighted by molar-refractivity contribution is 0.0496. The van der Waals surface area contributed by atoms with Crippen LogP contribution < -0.4 is 0 Å². The van der Waals surface area contributed by atoms with Gasteiger partial charge < -0.3 is 14.4 Å². The average Bonchev–Trinajstić information content (AvgIpc) is 3.01. The van der Waals surface area contributed by atoms with E-state index in [2.05, 4.69) is 45.0 Å². The zero-order valence-electron chi connectivity index (χ0n) is 30.8. The third-order valence-corrected chi connectivity index (χ3v) is 8.86. The quantitative estimate of drug-likeness (QED) is 0.0510. The van der Waals surface area contributed by atoms with Gasteiger partial charge in [-0.3, -0.25) is 0 Å². The maximum atomic E-state index is 6.02. The summed E-state index contributed by atoms with van der Waals surface area (Å²) in [4.78, 5) is 2.17. The smallest absolute Gasteiger partial charge is 0.144 e. The number of ether oxygens (including phenoxy) is 2. The summed E-state index contributed by atoms with van der Waals surface area (Å²) in [6, 6.07) is 0. The van der Waals surface area contributed by atoms with E-state index in [1.165, 1.54) is 180 Å². The van der Waals surface area contributed by atoms with Gasteiger partial charge in [-0.2, -0.15) is 0 Å². The fraction of sp³-hybridized carbons (Fsp3) is 0.902. The Labute approximate surface area is 278 Å². The van der Waals surface area contributed by atoms with Gasteiger partial charge in [0.25, 0.3) is 0 Å². The van der Waals surface area contributed by atoms with Crippen molar-refractivity contribution in [1.29, 1.82) is 0 Å². The predicted octanol–water partition coefficient (Wildman–Crippen LogP) is 13.7. The first-order chi connectivity index (χ1) is 21.7. The van der Waals surface area contributed by atoms with Crippen LogP contribution in [-0.2, 0) is 9.47 Å². The predicted molar refractivity (Wildman–Crippen MR) is 198 cm³/mol. The Bertz CT molecular complexity index is 573. The third kappa shape index (κ3) is 37.2. The lowest BCUT2D eigenvalue weighted by atomic mass is 10.0. The standard InChI is InChI=1S/C41H81NO2/c1-5-7-9-11-13-15-17-19-21-23-25-27-29-31-33-35-37-43-40-41(39-42(3)4)44-38-36-34-32-30-28-26-24-22-20-18-16-14-12-10-8-6-2/h35-38,41H,5-34,39-40H2,1-4H3/b37-35-,38-36-. The Balaban J connectivity index is 3.58. The molecule has 3 nitrogen and oxygen atoms in total. The maximum absolute atomic E-state index is 6.02. The van der Waals surface area contributed by atoms with Gasteiger partial charge in [-0.1, -0.05) is 181 Å². The van der Waals surface area contributed by atoms with E-state index in [9.17, 15) is 0 Å². The molecule has 0 aliphatic heterocycles. The SMILES string of the molecule is CCCCCCCCCCCCCCCC/C=C\OCC(CN(C)C)O/C=C\CCCCCCCCCCCCCCCC. The van der Waals surface area contributed by atoms with Crippen molar-refractivity contribution in [3.8, 4) is 0 Å². The molecule has 0 amide bonds. The van der Waals surface area contributed by atoms with Crippen molar-refractivity contribution in [2.75, 3.05) is 27.2 Å². The molecule has 0 fully saturated rings. The van der Waals surface area contributed by atoms with Crippen molar-refractivity contribution in [3.05, 3.63) is 24.7 Å². The van der Waals surface area contributed by atoms with E-state index in [4.69, 9.17) is 9.47 Å². The molecule has 1 atom stereocenters. The van der Waals surface area contributed by atoms with Gasteiger partial charge in [0.1, 0.15) is 12.7 Å². The second-order valence-corrected chi connectivity index (χ2v) is 13.9. The fourth-order valence-corrected chi connectivity index (χ4v) is 5.99. The number of unbranched alkanes of at least 4 members (excludes halogenated alkanes) is 28.